The largest absolute Gasteiger partial charge is 0.476 e. The highest BCUT2D eigenvalue weighted by Crippen LogP contribution is 2.59. The third kappa shape index (κ3) is 2.75. The molecule has 0 aliphatic carbocycles. The van der Waals surface area contributed by atoms with Gasteiger partial charge in [0.25, 0.3) is 5.69 Å². The maximum Gasteiger partial charge on any atom is 0.269 e. The van der Waals surface area contributed by atoms with E-state index in [2.05, 4.69) is 0 Å². The summed E-state index contributed by atoms with van der Waals surface area (Å²) in [5.41, 5.74) is 0.557. The molecular weight excluding hydrogens is 356 g/mol. The summed E-state index contributed by atoms with van der Waals surface area (Å²) in [5, 5.41) is 11.6. The van der Waals surface area contributed by atoms with Crippen molar-refractivity contribution in [1.82, 2.24) is 0 Å². The Morgan fingerprint density at radius 3 is 2.35 bits per heavy atom. The number of ether oxygens (including phenoxy) is 2. The number of epoxide rings is 1. The van der Waals surface area contributed by atoms with E-state index in [0.717, 1.165) is 11.1 Å². The van der Waals surface area contributed by atoms with Gasteiger partial charge in [0.15, 0.2) is 5.60 Å². The topological polar surface area (TPSA) is 77.3 Å². The summed E-state index contributed by atoms with van der Waals surface area (Å²) in [5.74, 6) is 0.510. The van der Waals surface area contributed by atoms with Gasteiger partial charge in [0.2, 0.25) is 5.90 Å². The Labute approximate surface area is 155 Å². The highest BCUT2D eigenvalue weighted by Gasteiger charge is 2.65. The summed E-state index contributed by atoms with van der Waals surface area (Å²) >= 11 is 5.98. The Bertz CT molecular complexity index is 893. The fraction of sp³-hybridized carbons (Fsp3) is 0.316. The van der Waals surface area contributed by atoms with Crippen molar-refractivity contribution in [3.63, 3.8) is 0 Å². The van der Waals surface area contributed by atoms with Crippen LogP contribution in [-0.4, -0.2) is 23.0 Å². The van der Waals surface area contributed by atoms with Crippen LogP contribution in [0.1, 0.15) is 31.1 Å². The molecule has 2 heterocycles. The van der Waals surface area contributed by atoms with Crippen LogP contribution in [0.15, 0.2) is 53.5 Å². The van der Waals surface area contributed by atoms with E-state index in [9.17, 15) is 10.1 Å². The minimum absolute atomic E-state index is 0.0298. The predicted molar refractivity (Wildman–Crippen MR) is 97.5 cm³/mol. The van der Waals surface area contributed by atoms with Gasteiger partial charge in [0.05, 0.1) is 10.5 Å². The second kappa shape index (κ2) is 5.79. The van der Waals surface area contributed by atoms with E-state index in [4.69, 9.17) is 26.1 Å². The number of hydrogen-bond donors (Lipinski definition) is 0. The standard InChI is InChI=1S/C19H17ClN2O4/c1-18(2)11-25-17(21-18)19(13-5-9-15(10-6-13)22(23)24)16(26-19)12-3-7-14(20)8-4-12/h3-10,16H,11H2,1-2H3/t16-,19+/m1/s1. The number of nitro groups is 1. The van der Waals surface area contributed by atoms with Crippen LogP contribution >= 0.6 is 11.6 Å². The second-order valence-electron chi connectivity index (χ2n) is 7.11. The molecule has 134 valence electrons. The number of benzene rings is 2. The summed E-state index contributed by atoms with van der Waals surface area (Å²) in [4.78, 5) is 15.2. The SMILES string of the molecule is CC1(C)COC([C@@]2(c3ccc([N+](=O)[O-])cc3)O[C@@H]2c2ccc(Cl)cc2)=N1. The molecule has 0 N–H and O–H groups in total. The molecule has 0 radical (unpaired) electrons. The van der Waals surface area contributed by atoms with E-state index in [1.54, 1.807) is 24.3 Å². The summed E-state index contributed by atoms with van der Waals surface area (Å²) in [7, 11) is 0. The van der Waals surface area contributed by atoms with Crippen molar-refractivity contribution in [3.8, 4) is 0 Å². The molecule has 2 aromatic carbocycles. The van der Waals surface area contributed by atoms with Gasteiger partial charge in [-0.3, -0.25) is 10.1 Å². The van der Waals surface area contributed by atoms with E-state index in [1.165, 1.54) is 12.1 Å². The molecule has 0 unspecified atom stereocenters. The van der Waals surface area contributed by atoms with Crippen LogP contribution in [0, 0.1) is 10.1 Å². The molecule has 26 heavy (non-hydrogen) atoms. The highest BCUT2D eigenvalue weighted by molar-refractivity contribution is 6.30. The van der Waals surface area contributed by atoms with Crippen LogP contribution in [-0.2, 0) is 15.1 Å². The van der Waals surface area contributed by atoms with Gasteiger partial charge in [0.1, 0.15) is 12.7 Å². The summed E-state index contributed by atoms with van der Waals surface area (Å²) < 4.78 is 12.0. The van der Waals surface area contributed by atoms with Gasteiger partial charge in [-0.25, -0.2) is 4.99 Å². The first-order valence-corrected chi connectivity index (χ1v) is 8.61. The Kier molecular flexibility index (Phi) is 3.78. The molecule has 0 aromatic heterocycles. The maximum absolute atomic E-state index is 11.0. The Morgan fingerprint density at radius 2 is 1.81 bits per heavy atom. The number of aliphatic imine (C=N–C) groups is 1. The second-order valence-corrected chi connectivity index (χ2v) is 7.54. The molecule has 0 saturated carbocycles. The van der Waals surface area contributed by atoms with Crippen molar-refractivity contribution in [2.45, 2.75) is 31.1 Å². The predicted octanol–water partition coefficient (Wildman–Crippen LogP) is 4.42. The van der Waals surface area contributed by atoms with Crippen molar-refractivity contribution in [2.24, 2.45) is 4.99 Å². The average Bonchev–Trinajstić information content (AvgIpc) is 3.26. The number of halogens is 1. The van der Waals surface area contributed by atoms with Crippen molar-refractivity contribution in [3.05, 3.63) is 74.8 Å². The van der Waals surface area contributed by atoms with E-state index in [-0.39, 0.29) is 17.3 Å². The minimum Gasteiger partial charge on any atom is -0.476 e. The number of rotatable bonds is 4. The first kappa shape index (κ1) is 17.0. The molecular formula is C19H17ClN2O4. The lowest BCUT2D eigenvalue weighted by Gasteiger charge is -2.13. The highest BCUT2D eigenvalue weighted by atomic mass is 35.5. The molecule has 0 amide bonds. The van der Waals surface area contributed by atoms with Gasteiger partial charge in [-0.2, -0.15) is 0 Å². The van der Waals surface area contributed by atoms with Gasteiger partial charge >= 0.3 is 0 Å². The van der Waals surface area contributed by atoms with E-state index < -0.39 is 10.5 Å². The third-order valence-corrected chi connectivity index (χ3v) is 4.83. The van der Waals surface area contributed by atoms with Crippen LogP contribution in [0.4, 0.5) is 5.69 Å². The van der Waals surface area contributed by atoms with Gasteiger partial charge in [-0.15, -0.1) is 0 Å². The maximum atomic E-state index is 11.0. The molecule has 2 aliphatic rings. The van der Waals surface area contributed by atoms with E-state index in [1.807, 2.05) is 26.0 Å². The molecule has 0 spiro atoms. The van der Waals surface area contributed by atoms with Gasteiger partial charge in [-0.05, 0) is 49.2 Å². The third-order valence-electron chi connectivity index (χ3n) is 4.58. The van der Waals surface area contributed by atoms with Crippen LogP contribution in [0.3, 0.4) is 0 Å². The zero-order valence-corrected chi connectivity index (χ0v) is 15.1. The molecule has 2 atom stereocenters. The van der Waals surface area contributed by atoms with Gasteiger partial charge in [0, 0.05) is 17.2 Å². The fourth-order valence-electron chi connectivity index (χ4n) is 3.20. The molecule has 1 fully saturated rings. The van der Waals surface area contributed by atoms with E-state index in [0.29, 0.717) is 17.5 Å². The van der Waals surface area contributed by atoms with Crippen molar-refractivity contribution < 1.29 is 14.4 Å². The molecule has 7 heteroatoms. The molecule has 2 aliphatic heterocycles. The molecule has 6 nitrogen and oxygen atoms in total. The van der Waals surface area contributed by atoms with Crippen molar-refractivity contribution >= 4 is 23.2 Å². The normalized spacial score (nSPS) is 26.1. The Hall–Kier alpha value is -2.44. The number of nitro benzene ring substituents is 1. The first-order valence-electron chi connectivity index (χ1n) is 8.23. The van der Waals surface area contributed by atoms with Crippen molar-refractivity contribution in [2.75, 3.05) is 6.61 Å². The van der Waals surface area contributed by atoms with E-state index >= 15 is 0 Å². The van der Waals surface area contributed by atoms with Gasteiger partial charge < -0.3 is 9.47 Å². The lowest BCUT2D eigenvalue weighted by molar-refractivity contribution is -0.384. The lowest BCUT2D eigenvalue weighted by Crippen LogP contribution is -2.23. The Morgan fingerprint density at radius 1 is 1.15 bits per heavy atom. The molecule has 1 saturated heterocycles. The van der Waals surface area contributed by atoms with Crippen LogP contribution in [0.25, 0.3) is 0 Å². The smallest absolute Gasteiger partial charge is 0.269 e. The molecule has 4 rings (SSSR count). The van der Waals surface area contributed by atoms with Crippen LogP contribution in [0.5, 0.6) is 0 Å². The summed E-state index contributed by atoms with van der Waals surface area (Å²) in [6, 6.07) is 13.8. The zero-order chi connectivity index (χ0) is 18.5. The summed E-state index contributed by atoms with van der Waals surface area (Å²) in [6.07, 6.45) is -0.283. The fourth-order valence-corrected chi connectivity index (χ4v) is 3.33. The Balaban J connectivity index is 1.76. The number of nitrogens with zero attached hydrogens (tertiary/aromatic N) is 2. The van der Waals surface area contributed by atoms with Crippen LogP contribution in [0.2, 0.25) is 5.02 Å². The van der Waals surface area contributed by atoms with Crippen molar-refractivity contribution in [1.29, 1.82) is 0 Å². The molecule has 2 aromatic rings. The number of non-ortho nitro benzene ring substituents is 1. The summed E-state index contributed by atoms with van der Waals surface area (Å²) in [6.45, 7) is 4.44. The zero-order valence-electron chi connectivity index (χ0n) is 14.3. The minimum atomic E-state index is -0.864. The first-order chi connectivity index (χ1) is 12.3. The molecule has 0 bridgehead atoms. The van der Waals surface area contributed by atoms with Gasteiger partial charge in [-0.1, -0.05) is 23.7 Å². The average molecular weight is 373 g/mol. The quantitative estimate of drug-likeness (QED) is 0.452. The monoisotopic (exact) mass is 372 g/mol. The van der Waals surface area contributed by atoms with Crippen LogP contribution < -0.4 is 0 Å². The number of hydrogen-bond acceptors (Lipinski definition) is 5. The lowest BCUT2D eigenvalue weighted by atomic mass is 9.91.